The highest BCUT2D eigenvalue weighted by molar-refractivity contribution is 6.06. The zero-order valence-electron chi connectivity index (χ0n) is 17.9. The van der Waals surface area contributed by atoms with Gasteiger partial charge >= 0.3 is 0 Å². The lowest BCUT2D eigenvalue weighted by Crippen LogP contribution is -2.53. The molecule has 0 saturated heterocycles. The maximum atomic E-state index is 13.3. The molecule has 6 nitrogen and oxygen atoms in total. The Balaban J connectivity index is 1.61. The lowest BCUT2D eigenvalue weighted by molar-refractivity contribution is -0.126. The van der Waals surface area contributed by atoms with Crippen molar-refractivity contribution < 1.29 is 14.3 Å². The number of anilines is 2. The molecule has 2 aliphatic heterocycles. The van der Waals surface area contributed by atoms with Gasteiger partial charge in [0.1, 0.15) is 0 Å². The molecule has 0 saturated carbocycles. The first-order valence-corrected chi connectivity index (χ1v) is 10.5. The quantitative estimate of drug-likeness (QED) is 0.597. The first-order chi connectivity index (χ1) is 14.9. The minimum Gasteiger partial charge on any atom is -0.360 e. The van der Waals surface area contributed by atoms with E-state index in [2.05, 4.69) is 28.8 Å². The Morgan fingerprint density at radius 1 is 1.03 bits per heavy atom. The Kier molecular flexibility index (Phi) is 4.67. The highest BCUT2D eigenvalue weighted by Gasteiger charge is 2.36. The molecule has 2 atom stereocenters. The van der Waals surface area contributed by atoms with Crippen molar-refractivity contribution >= 4 is 34.1 Å². The first kappa shape index (κ1) is 19.6. The molecule has 0 aliphatic carbocycles. The molecule has 2 amide bonds. The number of ether oxygens (including phenoxy) is 1. The van der Waals surface area contributed by atoms with E-state index < -0.39 is 6.10 Å². The standard InChI is InChI=1S/C25H25N3O3/c1-16-15-27(25(30)24-5-4-12-31-24)23-14-19(7-9-22(23)28(16)17(2)29)18-6-8-21-20(13-18)10-11-26(21)3/h4-11,13-14,16,24H,12,15H2,1-3H3/t16-,24?/m0/s1. The number of fused-ring (bicyclic) bond motifs is 2. The molecule has 1 aromatic heterocycles. The van der Waals surface area contributed by atoms with Crippen molar-refractivity contribution in [1.29, 1.82) is 0 Å². The van der Waals surface area contributed by atoms with Gasteiger partial charge < -0.3 is 19.1 Å². The van der Waals surface area contributed by atoms with Gasteiger partial charge in [-0.1, -0.05) is 18.2 Å². The van der Waals surface area contributed by atoms with Crippen LogP contribution in [0.1, 0.15) is 13.8 Å². The highest BCUT2D eigenvalue weighted by atomic mass is 16.5. The topological polar surface area (TPSA) is 54.8 Å². The van der Waals surface area contributed by atoms with E-state index in [1.165, 1.54) is 5.52 Å². The van der Waals surface area contributed by atoms with Gasteiger partial charge in [0.15, 0.2) is 6.10 Å². The van der Waals surface area contributed by atoms with Crippen LogP contribution in [0.25, 0.3) is 22.0 Å². The average Bonchev–Trinajstić information content (AvgIpc) is 3.42. The van der Waals surface area contributed by atoms with E-state index in [1.807, 2.05) is 44.4 Å². The third kappa shape index (κ3) is 3.24. The Morgan fingerprint density at radius 2 is 1.81 bits per heavy atom. The van der Waals surface area contributed by atoms with Crippen LogP contribution < -0.4 is 9.80 Å². The second kappa shape index (κ2) is 7.39. The number of hydrogen-bond acceptors (Lipinski definition) is 3. The van der Waals surface area contributed by atoms with Crippen LogP contribution in [0.2, 0.25) is 0 Å². The van der Waals surface area contributed by atoms with Crippen LogP contribution in [0.5, 0.6) is 0 Å². The second-order valence-corrected chi connectivity index (χ2v) is 8.27. The predicted octanol–water partition coefficient (Wildman–Crippen LogP) is 3.89. The SMILES string of the molecule is CC(=O)N1c2ccc(-c3ccc4c(ccn4C)c3)cc2N(C(=O)C2C=CCO2)C[C@@H]1C. The summed E-state index contributed by atoms with van der Waals surface area (Å²) in [6, 6.07) is 14.3. The molecule has 0 spiro atoms. The number of benzene rings is 2. The van der Waals surface area contributed by atoms with Crippen molar-refractivity contribution in [2.24, 2.45) is 7.05 Å². The summed E-state index contributed by atoms with van der Waals surface area (Å²) in [6.07, 6.45) is 5.14. The number of hydrogen-bond donors (Lipinski definition) is 0. The summed E-state index contributed by atoms with van der Waals surface area (Å²) >= 11 is 0. The van der Waals surface area contributed by atoms with Crippen molar-refractivity contribution in [3.63, 3.8) is 0 Å². The minimum atomic E-state index is -0.576. The van der Waals surface area contributed by atoms with Gasteiger partial charge in [-0.2, -0.15) is 0 Å². The number of carbonyl (C=O) groups is 2. The number of rotatable bonds is 2. The second-order valence-electron chi connectivity index (χ2n) is 8.27. The molecule has 1 unspecified atom stereocenters. The van der Waals surface area contributed by atoms with Crippen LogP contribution in [0.3, 0.4) is 0 Å². The fraction of sp³-hybridized carbons (Fsp3) is 0.280. The monoisotopic (exact) mass is 415 g/mol. The Labute approximate surface area is 181 Å². The lowest BCUT2D eigenvalue weighted by atomic mass is 9.99. The van der Waals surface area contributed by atoms with Gasteiger partial charge in [-0.15, -0.1) is 0 Å². The molecular weight excluding hydrogens is 390 g/mol. The normalized spacial score (nSPS) is 20.4. The van der Waals surface area contributed by atoms with Gasteiger partial charge in [-0.3, -0.25) is 9.59 Å². The molecule has 3 heterocycles. The van der Waals surface area contributed by atoms with Crippen LogP contribution >= 0.6 is 0 Å². The smallest absolute Gasteiger partial charge is 0.260 e. The molecule has 2 aromatic carbocycles. The van der Waals surface area contributed by atoms with Gasteiger partial charge in [0.25, 0.3) is 5.91 Å². The summed E-state index contributed by atoms with van der Waals surface area (Å²) < 4.78 is 7.66. The molecule has 6 heteroatoms. The summed E-state index contributed by atoms with van der Waals surface area (Å²) in [6.45, 7) is 4.41. The molecular formula is C25H25N3O3. The molecule has 0 fully saturated rings. The maximum Gasteiger partial charge on any atom is 0.260 e. The largest absolute Gasteiger partial charge is 0.360 e. The fourth-order valence-corrected chi connectivity index (χ4v) is 4.66. The zero-order chi connectivity index (χ0) is 21.7. The van der Waals surface area contributed by atoms with Crippen LogP contribution in [-0.4, -0.2) is 41.7 Å². The summed E-state index contributed by atoms with van der Waals surface area (Å²) in [5.41, 5.74) is 4.74. The maximum absolute atomic E-state index is 13.3. The van der Waals surface area contributed by atoms with Crippen molar-refractivity contribution in [1.82, 2.24) is 4.57 Å². The third-order valence-corrected chi connectivity index (χ3v) is 6.16. The number of nitrogens with zero attached hydrogens (tertiary/aromatic N) is 3. The van der Waals surface area contributed by atoms with Crippen LogP contribution in [0.4, 0.5) is 11.4 Å². The third-order valence-electron chi connectivity index (χ3n) is 6.16. The van der Waals surface area contributed by atoms with Gasteiger partial charge in [-0.25, -0.2) is 0 Å². The average molecular weight is 415 g/mol. The molecule has 2 aliphatic rings. The summed E-state index contributed by atoms with van der Waals surface area (Å²) in [5.74, 6) is -0.128. The fourth-order valence-electron chi connectivity index (χ4n) is 4.66. The number of amides is 2. The predicted molar refractivity (Wildman–Crippen MR) is 122 cm³/mol. The van der Waals surface area contributed by atoms with E-state index in [0.29, 0.717) is 13.2 Å². The first-order valence-electron chi connectivity index (χ1n) is 10.5. The van der Waals surface area contributed by atoms with E-state index in [1.54, 1.807) is 22.8 Å². The van der Waals surface area contributed by atoms with E-state index in [0.717, 1.165) is 27.9 Å². The van der Waals surface area contributed by atoms with Gasteiger partial charge in [0, 0.05) is 37.6 Å². The molecule has 3 aromatic rings. The summed E-state index contributed by atoms with van der Waals surface area (Å²) in [5, 5.41) is 1.16. The molecule has 0 bridgehead atoms. The van der Waals surface area contributed by atoms with Crippen LogP contribution in [0.15, 0.2) is 60.8 Å². The number of aromatic nitrogens is 1. The van der Waals surface area contributed by atoms with E-state index in [-0.39, 0.29) is 17.9 Å². The Morgan fingerprint density at radius 3 is 2.55 bits per heavy atom. The van der Waals surface area contributed by atoms with Gasteiger partial charge in [-0.05, 0) is 54.5 Å². The van der Waals surface area contributed by atoms with Crippen molar-refractivity contribution in [2.45, 2.75) is 26.0 Å². The molecule has 0 N–H and O–H groups in total. The zero-order valence-corrected chi connectivity index (χ0v) is 17.9. The summed E-state index contributed by atoms with van der Waals surface area (Å²) in [7, 11) is 2.03. The Hall–Kier alpha value is -3.38. The number of carbonyl (C=O) groups excluding carboxylic acids is 2. The summed E-state index contributed by atoms with van der Waals surface area (Å²) in [4.78, 5) is 29.2. The Bertz CT molecular complexity index is 1230. The number of aryl methyl sites for hydroxylation is 1. The van der Waals surface area contributed by atoms with Crippen molar-refractivity contribution in [2.75, 3.05) is 23.0 Å². The molecule has 31 heavy (non-hydrogen) atoms. The van der Waals surface area contributed by atoms with E-state index in [9.17, 15) is 9.59 Å². The van der Waals surface area contributed by atoms with Gasteiger partial charge in [0.2, 0.25) is 5.91 Å². The molecule has 158 valence electrons. The molecule has 5 rings (SSSR count). The van der Waals surface area contributed by atoms with E-state index >= 15 is 0 Å². The van der Waals surface area contributed by atoms with Gasteiger partial charge in [0.05, 0.1) is 24.0 Å². The lowest BCUT2D eigenvalue weighted by Gasteiger charge is -2.41. The van der Waals surface area contributed by atoms with Crippen molar-refractivity contribution in [3.05, 3.63) is 60.8 Å². The van der Waals surface area contributed by atoms with Crippen LogP contribution in [-0.2, 0) is 21.4 Å². The molecule has 0 radical (unpaired) electrons. The highest BCUT2D eigenvalue weighted by Crippen LogP contribution is 2.40. The van der Waals surface area contributed by atoms with Crippen molar-refractivity contribution in [3.8, 4) is 11.1 Å². The van der Waals surface area contributed by atoms with Crippen LogP contribution in [0, 0.1) is 0 Å². The minimum absolute atomic E-state index is 0.0312. The van der Waals surface area contributed by atoms with E-state index in [4.69, 9.17) is 4.74 Å².